The maximum Gasteiger partial charge on any atom is 0.257 e. The summed E-state index contributed by atoms with van der Waals surface area (Å²) >= 11 is 0. The molecule has 3 aliphatic rings. The first-order chi connectivity index (χ1) is 13.2. The van der Waals surface area contributed by atoms with Gasteiger partial charge in [-0.25, -0.2) is 9.97 Å². The van der Waals surface area contributed by atoms with Gasteiger partial charge in [0, 0.05) is 12.6 Å². The van der Waals surface area contributed by atoms with Crippen LogP contribution in [-0.4, -0.2) is 39.8 Å². The lowest BCUT2D eigenvalue weighted by Gasteiger charge is -2.20. The fourth-order valence-corrected chi connectivity index (χ4v) is 4.12. The number of carbonyl (C=O) groups excluding carboxylic acids is 1. The summed E-state index contributed by atoms with van der Waals surface area (Å²) < 4.78 is 2.16. The van der Waals surface area contributed by atoms with Crippen LogP contribution < -0.4 is 10.6 Å². The lowest BCUT2D eigenvalue weighted by atomic mass is 9.94. The molecule has 1 aromatic carbocycles. The van der Waals surface area contributed by atoms with Crippen LogP contribution in [0.25, 0.3) is 16.7 Å². The Kier molecular flexibility index (Phi) is 3.47. The van der Waals surface area contributed by atoms with Gasteiger partial charge in [-0.1, -0.05) is 12.1 Å². The van der Waals surface area contributed by atoms with Gasteiger partial charge in [0.2, 0.25) is 11.4 Å². The quantitative estimate of drug-likeness (QED) is 0.639. The molecule has 0 aliphatic carbocycles. The second-order valence-electron chi connectivity index (χ2n) is 7.02. The third-order valence-corrected chi connectivity index (χ3v) is 5.36. The molecule has 2 aromatic rings. The first kappa shape index (κ1) is 15.9. The molecular weight excluding hydrogens is 338 g/mol. The highest BCUT2D eigenvalue weighted by Gasteiger charge is 2.42. The largest absolute Gasteiger partial charge is 0.359 e. The molecular formula is C21H20N5O+. The zero-order chi connectivity index (χ0) is 18.5. The topological polar surface area (TPSA) is 69.9 Å². The van der Waals surface area contributed by atoms with Gasteiger partial charge in [0.1, 0.15) is 16.9 Å². The highest BCUT2D eigenvalue weighted by Crippen LogP contribution is 2.38. The minimum Gasteiger partial charge on any atom is -0.359 e. The fourth-order valence-electron chi connectivity index (χ4n) is 4.12. The number of amides is 1. The number of anilines is 1. The molecule has 3 aliphatic heterocycles. The predicted octanol–water partition coefficient (Wildman–Crippen LogP) is 2.38. The van der Waals surface area contributed by atoms with Crippen molar-refractivity contribution in [2.75, 3.05) is 18.4 Å². The van der Waals surface area contributed by atoms with Gasteiger partial charge in [-0.3, -0.25) is 4.79 Å². The number of aromatic nitrogens is 2. The number of carbonyl (C=O) groups is 1. The smallest absolute Gasteiger partial charge is 0.257 e. The number of hydrogen-bond acceptors (Lipinski definition) is 4. The van der Waals surface area contributed by atoms with E-state index in [2.05, 4.69) is 28.0 Å². The van der Waals surface area contributed by atoms with Crippen molar-refractivity contribution in [3.8, 4) is 0 Å². The molecule has 4 heterocycles. The van der Waals surface area contributed by atoms with E-state index in [0.29, 0.717) is 13.1 Å². The molecule has 0 saturated heterocycles. The summed E-state index contributed by atoms with van der Waals surface area (Å²) in [6.45, 7) is 7.08. The number of benzene rings is 1. The van der Waals surface area contributed by atoms with Crippen LogP contribution in [0.15, 0.2) is 48.2 Å². The number of para-hydroxylation sites is 1. The highest BCUT2D eigenvalue weighted by molar-refractivity contribution is 6.02. The Morgan fingerprint density at radius 3 is 3.07 bits per heavy atom. The van der Waals surface area contributed by atoms with E-state index in [9.17, 15) is 4.79 Å². The number of nitrogens with zero attached hydrogens (tertiary/aromatic N) is 3. The van der Waals surface area contributed by atoms with Crippen molar-refractivity contribution in [2.24, 2.45) is 5.92 Å². The summed E-state index contributed by atoms with van der Waals surface area (Å²) in [7, 11) is 0. The van der Waals surface area contributed by atoms with Gasteiger partial charge in [-0.15, -0.1) is 6.58 Å². The molecule has 0 saturated carbocycles. The Balaban J connectivity index is 1.76. The number of rotatable bonds is 2. The van der Waals surface area contributed by atoms with Crippen molar-refractivity contribution in [3.63, 3.8) is 0 Å². The van der Waals surface area contributed by atoms with E-state index in [4.69, 9.17) is 9.97 Å². The fraction of sp³-hybridized carbons (Fsp3) is 0.238. The van der Waals surface area contributed by atoms with Crippen LogP contribution in [0.1, 0.15) is 17.7 Å². The van der Waals surface area contributed by atoms with Crippen LogP contribution in [0, 0.1) is 12.8 Å². The standard InChI is InChI=1S/C21H19N5O/c1-3-5-13-11-23-21(27)15-10-17-14-6-4-7-16-18(14)25-20(12(2)24-16)22-8-9-26(17)19(13)15/h3-4,6-7,9-10,13H,1,5,8,11H2,2H3,(H-,22,23,25,27)/p+1. The van der Waals surface area contributed by atoms with E-state index in [1.54, 1.807) is 0 Å². The number of fused-ring (bicyclic) bond motifs is 4. The van der Waals surface area contributed by atoms with Crippen LogP contribution in [-0.2, 0) is 4.79 Å². The summed E-state index contributed by atoms with van der Waals surface area (Å²) in [6, 6.07) is 6.02. The molecule has 1 unspecified atom stereocenters. The molecule has 2 bridgehead atoms. The first-order valence-corrected chi connectivity index (χ1v) is 9.16. The second kappa shape index (κ2) is 5.87. The van der Waals surface area contributed by atoms with Crippen LogP contribution in [0.3, 0.4) is 0 Å². The van der Waals surface area contributed by atoms with E-state index in [0.717, 1.165) is 51.5 Å². The molecule has 1 amide bonds. The van der Waals surface area contributed by atoms with E-state index in [1.165, 1.54) is 0 Å². The molecule has 0 spiro atoms. The van der Waals surface area contributed by atoms with Gasteiger partial charge >= 0.3 is 0 Å². The van der Waals surface area contributed by atoms with Crippen LogP contribution in [0.2, 0.25) is 0 Å². The van der Waals surface area contributed by atoms with Crippen molar-refractivity contribution in [3.05, 3.63) is 59.5 Å². The second-order valence-corrected chi connectivity index (χ2v) is 7.02. The van der Waals surface area contributed by atoms with Gasteiger partial charge < -0.3 is 10.6 Å². The lowest BCUT2D eigenvalue weighted by Crippen LogP contribution is -2.38. The number of allylic oxidation sites excluding steroid dienone is 1. The Morgan fingerprint density at radius 2 is 2.22 bits per heavy atom. The summed E-state index contributed by atoms with van der Waals surface area (Å²) in [4.78, 5) is 22.1. The van der Waals surface area contributed by atoms with Crippen molar-refractivity contribution in [1.29, 1.82) is 0 Å². The summed E-state index contributed by atoms with van der Waals surface area (Å²) in [6.07, 6.45) is 6.81. The third kappa shape index (κ3) is 2.33. The maximum atomic E-state index is 12.5. The minimum absolute atomic E-state index is 0.0217. The molecule has 2 N–H and O–H groups in total. The van der Waals surface area contributed by atoms with Gasteiger partial charge in [-0.2, -0.15) is 4.58 Å². The van der Waals surface area contributed by atoms with E-state index in [-0.39, 0.29) is 11.8 Å². The zero-order valence-corrected chi connectivity index (χ0v) is 15.1. The maximum absolute atomic E-state index is 12.5. The molecule has 1 aromatic heterocycles. The summed E-state index contributed by atoms with van der Waals surface area (Å²) in [5.41, 5.74) is 6.33. The molecule has 6 nitrogen and oxygen atoms in total. The number of aryl methyl sites for hydroxylation is 1. The van der Waals surface area contributed by atoms with E-state index < -0.39 is 0 Å². The van der Waals surface area contributed by atoms with Crippen molar-refractivity contribution in [1.82, 2.24) is 15.3 Å². The SMILES string of the molecule is C=CCC1CNC(=O)C2=C1[N+]1=CCNc3nc4c(cccc4nc3C)C1=C2. The van der Waals surface area contributed by atoms with Gasteiger partial charge in [-0.05, 0) is 25.5 Å². The van der Waals surface area contributed by atoms with Gasteiger partial charge in [0.15, 0.2) is 6.21 Å². The molecule has 5 rings (SSSR count). The average molecular weight is 358 g/mol. The molecule has 0 fully saturated rings. The molecule has 1 atom stereocenters. The van der Waals surface area contributed by atoms with Crippen LogP contribution in [0.4, 0.5) is 5.82 Å². The Morgan fingerprint density at radius 1 is 1.33 bits per heavy atom. The third-order valence-electron chi connectivity index (χ3n) is 5.36. The van der Waals surface area contributed by atoms with Gasteiger partial charge in [0.25, 0.3) is 5.91 Å². The lowest BCUT2D eigenvalue weighted by molar-refractivity contribution is -0.376. The van der Waals surface area contributed by atoms with Crippen molar-refractivity contribution in [2.45, 2.75) is 13.3 Å². The summed E-state index contributed by atoms with van der Waals surface area (Å²) in [5.74, 6) is 0.980. The summed E-state index contributed by atoms with van der Waals surface area (Å²) in [5, 5.41) is 6.37. The average Bonchev–Trinajstić information content (AvgIpc) is 3.06. The van der Waals surface area contributed by atoms with Crippen LogP contribution in [0.5, 0.6) is 0 Å². The molecule has 27 heavy (non-hydrogen) atoms. The van der Waals surface area contributed by atoms with Crippen molar-refractivity contribution < 1.29 is 9.37 Å². The van der Waals surface area contributed by atoms with E-state index in [1.807, 2.05) is 37.3 Å². The number of nitrogens with one attached hydrogen (secondary N) is 2. The normalized spacial score (nSPS) is 20.6. The van der Waals surface area contributed by atoms with Gasteiger partial charge in [0.05, 0.1) is 29.2 Å². The van der Waals surface area contributed by atoms with Crippen LogP contribution >= 0.6 is 0 Å². The monoisotopic (exact) mass is 358 g/mol. The highest BCUT2D eigenvalue weighted by atomic mass is 16.1. The Hall–Kier alpha value is -3.28. The Bertz CT molecular complexity index is 1110. The zero-order valence-electron chi connectivity index (χ0n) is 15.1. The molecule has 0 radical (unpaired) electrons. The number of hydrogen-bond donors (Lipinski definition) is 2. The predicted molar refractivity (Wildman–Crippen MR) is 105 cm³/mol. The molecule has 6 heteroatoms. The Labute approximate surface area is 157 Å². The van der Waals surface area contributed by atoms with E-state index >= 15 is 0 Å². The van der Waals surface area contributed by atoms with Crippen molar-refractivity contribution >= 4 is 34.7 Å². The first-order valence-electron chi connectivity index (χ1n) is 9.16. The molecule has 134 valence electrons. The minimum atomic E-state index is -0.0217.